The number of hydrogen-bond donors (Lipinski definition) is 2. The second-order valence-corrected chi connectivity index (χ2v) is 7.76. The summed E-state index contributed by atoms with van der Waals surface area (Å²) in [5.74, 6) is -0.850. The number of aryl methyl sites for hydroxylation is 1. The Morgan fingerprint density at radius 2 is 2.20 bits per heavy atom. The number of benzene rings is 1. The summed E-state index contributed by atoms with van der Waals surface area (Å²) in [4.78, 5) is 4.28. The fourth-order valence-electron chi connectivity index (χ4n) is 1.53. The lowest BCUT2D eigenvalue weighted by molar-refractivity contribution is 0.560. The van der Waals surface area contributed by atoms with Gasteiger partial charge in [-0.3, -0.25) is 4.72 Å². The topological polar surface area (TPSA) is 85.1 Å². The minimum atomic E-state index is -4.05. The minimum absolute atomic E-state index is 0.0931. The molecule has 3 N–H and O–H groups in total. The average Bonchev–Trinajstić information content (AvgIpc) is 2.76. The first-order chi connectivity index (χ1) is 9.33. The first-order valence-electron chi connectivity index (χ1n) is 5.46. The predicted octanol–water partition coefficient (Wildman–Crippen LogP) is 2.61. The van der Waals surface area contributed by atoms with Gasteiger partial charge in [-0.15, -0.1) is 11.3 Å². The lowest BCUT2D eigenvalue weighted by atomic mass is 10.2. The number of nitrogens with one attached hydrogen (secondary N) is 1. The molecule has 0 aliphatic rings. The molecule has 1 aromatic carbocycles. The van der Waals surface area contributed by atoms with E-state index in [1.807, 2.05) is 0 Å². The number of thiazole rings is 1. The van der Waals surface area contributed by atoms with Crippen LogP contribution in [0.1, 0.15) is 10.4 Å². The van der Waals surface area contributed by atoms with Crippen LogP contribution in [-0.2, 0) is 16.6 Å². The maximum atomic E-state index is 14.1. The molecule has 0 bridgehead atoms. The molecule has 2 aromatic rings. The summed E-state index contributed by atoms with van der Waals surface area (Å²) in [6.45, 7) is 1.70. The van der Waals surface area contributed by atoms with Crippen molar-refractivity contribution in [3.8, 4) is 0 Å². The molecule has 0 spiro atoms. The van der Waals surface area contributed by atoms with Crippen LogP contribution in [0.25, 0.3) is 0 Å². The van der Waals surface area contributed by atoms with E-state index < -0.39 is 20.7 Å². The van der Waals surface area contributed by atoms with Gasteiger partial charge in [0.15, 0.2) is 5.13 Å². The molecule has 108 valence electrons. The minimum Gasteiger partial charge on any atom is -0.326 e. The van der Waals surface area contributed by atoms with E-state index in [0.717, 1.165) is 4.88 Å². The van der Waals surface area contributed by atoms with Crippen LogP contribution in [0.4, 0.5) is 9.52 Å². The summed E-state index contributed by atoms with van der Waals surface area (Å²) >= 11 is 4.31. The molecule has 9 heteroatoms. The molecule has 0 aliphatic carbocycles. The van der Waals surface area contributed by atoms with Crippen molar-refractivity contribution in [2.75, 3.05) is 4.72 Å². The van der Waals surface area contributed by atoms with Gasteiger partial charge in [0.1, 0.15) is 10.7 Å². The van der Waals surface area contributed by atoms with Gasteiger partial charge in [-0.25, -0.2) is 17.8 Å². The Morgan fingerprint density at radius 1 is 1.50 bits per heavy atom. The number of halogens is 2. The molecular formula is C11H11BrFN3O2S2. The van der Waals surface area contributed by atoms with Crippen molar-refractivity contribution in [2.45, 2.75) is 18.4 Å². The van der Waals surface area contributed by atoms with E-state index in [9.17, 15) is 12.8 Å². The van der Waals surface area contributed by atoms with E-state index in [4.69, 9.17) is 5.73 Å². The second kappa shape index (κ2) is 5.76. The standard InChI is InChI=1S/C11H11BrFN3O2S2/c1-6-5-15-11(19-6)16-20(17,18)9-3-8(12)2-7(4-14)10(9)13/h2-3,5H,4,14H2,1H3,(H,15,16). The van der Waals surface area contributed by atoms with Gasteiger partial charge < -0.3 is 5.73 Å². The Balaban J connectivity index is 2.46. The van der Waals surface area contributed by atoms with Crippen LogP contribution >= 0.6 is 27.3 Å². The predicted molar refractivity (Wildman–Crippen MR) is 79.7 cm³/mol. The summed E-state index contributed by atoms with van der Waals surface area (Å²) in [5.41, 5.74) is 5.52. The highest BCUT2D eigenvalue weighted by molar-refractivity contribution is 9.10. The van der Waals surface area contributed by atoms with Crippen molar-refractivity contribution < 1.29 is 12.8 Å². The van der Waals surface area contributed by atoms with Crippen molar-refractivity contribution in [3.63, 3.8) is 0 Å². The first-order valence-corrected chi connectivity index (χ1v) is 8.56. The smallest absolute Gasteiger partial charge is 0.266 e. The number of nitrogens with zero attached hydrogens (tertiary/aromatic N) is 1. The molecule has 0 saturated carbocycles. The zero-order valence-corrected chi connectivity index (χ0v) is 13.6. The third-order valence-electron chi connectivity index (χ3n) is 2.43. The monoisotopic (exact) mass is 379 g/mol. The van der Waals surface area contributed by atoms with E-state index in [-0.39, 0.29) is 17.2 Å². The molecule has 0 aliphatic heterocycles. The van der Waals surface area contributed by atoms with E-state index in [0.29, 0.717) is 4.47 Å². The molecule has 1 heterocycles. The van der Waals surface area contributed by atoms with Gasteiger partial charge in [0.05, 0.1) is 0 Å². The molecule has 0 fully saturated rings. The Labute approximate surface area is 128 Å². The van der Waals surface area contributed by atoms with Crippen LogP contribution in [0.2, 0.25) is 0 Å². The normalized spacial score (nSPS) is 11.6. The summed E-state index contributed by atoms with van der Waals surface area (Å²) in [6, 6.07) is 2.64. The molecule has 0 saturated heterocycles. The first kappa shape index (κ1) is 15.4. The largest absolute Gasteiger partial charge is 0.326 e. The van der Waals surface area contributed by atoms with Crippen molar-refractivity contribution in [3.05, 3.63) is 39.1 Å². The van der Waals surface area contributed by atoms with E-state index in [1.54, 1.807) is 6.92 Å². The fourth-order valence-corrected chi connectivity index (χ4v) is 4.24. The third kappa shape index (κ3) is 3.17. The highest BCUT2D eigenvalue weighted by Crippen LogP contribution is 2.27. The Bertz CT molecular complexity index is 746. The number of sulfonamides is 1. The SMILES string of the molecule is Cc1cnc(NS(=O)(=O)c2cc(Br)cc(CN)c2F)s1. The van der Waals surface area contributed by atoms with Gasteiger partial charge in [0, 0.05) is 27.7 Å². The van der Waals surface area contributed by atoms with Gasteiger partial charge in [0.25, 0.3) is 10.0 Å². The van der Waals surface area contributed by atoms with E-state index >= 15 is 0 Å². The number of anilines is 1. The van der Waals surface area contributed by atoms with Gasteiger partial charge in [0.2, 0.25) is 0 Å². The lowest BCUT2D eigenvalue weighted by Gasteiger charge is -2.09. The summed E-state index contributed by atoms with van der Waals surface area (Å²) in [5, 5.41) is 0.191. The molecule has 0 atom stereocenters. The zero-order chi connectivity index (χ0) is 14.9. The lowest BCUT2D eigenvalue weighted by Crippen LogP contribution is -2.16. The van der Waals surface area contributed by atoms with Crippen LogP contribution in [0.15, 0.2) is 27.7 Å². The second-order valence-electron chi connectivity index (χ2n) is 3.96. The molecule has 2 rings (SSSR count). The van der Waals surface area contributed by atoms with Crippen LogP contribution in [0, 0.1) is 12.7 Å². The fraction of sp³-hybridized carbons (Fsp3) is 0.182. The van der Waals surface area contributed by atoms with Crippen LogP contribution < -0.4 is 10.5 Å². The van der Waals surface area contributed by atoms with Crippen molar-refractivity contribution >= 4 is 42.4 Å². The van der Waals surface area contributed by atoms with Crippen LogP contribution in [0.5, 0.6) is 0 Å². The number of hydrogen-bond acceptors (Lipinski definition) is 5. The van der Waals surface area contributed by atoms with Crippen molar-refractivity contribution in [1.29, 1.82) is 0 Å². The molecule has 5 nitrogen and oxygen atoms in total. The molecular weight excluding hydrogens is 369 g/mol. The summed E-state index contributed by atoms with van der Waals surface area (Å²) in [7, 11) is -4.05. The zero-order valence-electron chi connectivity index (χ0n) is 10.4. The quantitative estimate of drug-likeness (QED) is 0.854. The van der Waals surface area contributed by atoms with Gasteiger partial charge in [-0.2, -0.15) is 0 Å². The van der Waals surface area contributed by atoms with E-state index in [2.05, 4.69) is 25.6 Å². The molecule has 0 unspecified atom stereocenters. The van der Waals surface area contributed by atoms with Crippen molar-refractivity contribution in [2.24, 2.45) is 5.73 Å². The highest BCUT2D eigenvalue weighted by Gasteiger charge is 2.23. The van der Waals surface area contributed by atoms with Gasteiger partial charge in [-0.1, -0.05) is 15.9 Å². The van der Waals surface area contributed by atoms with Gasteiger partial charge >= 0.3 is 0 Å². The third-order valence-corrected chi connectivity index (χ3v) is 5.19. The van der Waals surface area contributed by atoms with E-state index in [1.165, 1.54) is 29.7 Å². The van der Waals surface area contributed by atoms with Crippen molar-refractivity contribution in [1.82, 2.24) is 4.98 Å². The Kier molecular flexibility index (Phi) is 4.43. The van der Waals surface area contributed by atoms with Crippen LogP contribution in [-0.4, -0.2) is 13.4 Å². The highest BCUT2D eigenvalue weighted by atomic mass is 79.9. The maximum absolute atomic E-state index is 14.1. The summed E-state index contributed by atoms with van der Waals surface area (Å²) < 4.78 is 41.2. The maximum Gasteiger partial charge on any atom is 0.266 e. The Hall–Kier alpha value is -1.03. The number of aromatic nitrogens is 1. The molecule has 0 radical (unpaired) electrons. The molecule has 0 amide bonds. The van der Waals surface area contributed by atoms with Gasteiger partial charge in [-0.05, 0) is 19.1 Å². The number of rotatable bonds is 4. The average molecular weight is 380 g/mol. The molecule has 1 aromatic heterocycles. The number of nitrogens with two attached hydrogens (primary N) is 1. The molecule has 20 heavy (non-hydrogen) atoms. The summed E-state index contributed by atoms with van der Waals surface area (Å²) in [6.07, 6.45) is 1.53. The Morgan fingerprint density at radius 3 is 2.75 bits per heavy atom. The van der Waals surface area contributed by atoms with Crippen LogP contribution in [0.3, 0.4) is 0 Å².